The highest BCUT2D eigenvalue weighted by molar-refractivity contribution is 7.98. The van der Waals surface area contributed by atoms with Crippen LogP contribution >= 0.6 is 23.1 Å². The summed E-state index contributed by atoms with van der Waals surface area (Å²) in [5.74, 6) is 0.749. The molecule has 6 nitrogen and oxygen atoms in total. The van der Waals surface area contributed by atoms with Crippen LogP contribution in [0.2, 0.25) is 0 Å². The molecule has 0 amide bonds. The van der Waals surface area contributed by atoms with Crippen LogP contribution in [0.25, 0.3) is 0 Å². The van der Waals surface area contributed by atoms with E-state index >= 15 is 0 Å². The Morgan fingerprint density at radius 3 is 2.91 bits per heavy atom. The Balaban J connectivity index is 1.63. The fourth-order valence-corrected chi connectivity index (χ4v) is 3.73. The Hall–Kier alpha value is -1.93. The second-order valence-corrected chi connectivity index (χ2v) is 7.17. The van der Waals surface area contributed by atoms with Crippen LogP contribution in [0.1, 0.15) is 31.1 Å². The van der Waals surface area contributed by atoms with E-state index in [0.717, 1.165) is 27.4 Å². The zero-order valence-corrected chi connectivity index (χ0v) is 14.9. The van der Waals surface area contributed by atoms with Gasteiger partial charge < -0.3 is 5.32 Å². The third-order valence-electron chi connectivity index (χ3n) is 3.24. The summed E-state index contributed by atoms with van der Waals surface area (Å²) < 4.78 is 1.82. The zero-order valence-electron chi connectivity index (χ0n) is 13.2. The summed E-state index contributed by atoms with van der Waals surface area (Å²) in [7, 11) is 0. The van der Waals surface area contributed by atoms with Gasteiger partial charge in [-0.15, -0.1) is 16.4 Å². The maximum atomic E-state index is 4.63. The molecule has 120 valence electrons. The van der Waals surface area contributed by atoms with Gasteiger partial charge in [0.25, 0.3) is 0 Å². The molecule has 0 spiro atoms. The Labute approximate surface area is 143 Å². The fraction of sp³-hybridized carbons (Fsp3) is 0.333. The van der Waals surface area contributed by atoms with Gasteiger partial charge in [0.15, 0.2) is 5.13 Å². The molecule has 0 aliphatic heterocycles. The number of aromatic nitrogens is 5. The van der Waals surface area contributed by atoms with E-state index < -0.39 is 0 Å². The molecule has 0 atom stereocenters. The first-order valence-corrected chi connectivity index (χ1v) is 9.17. The van der Waals surface area contributed by atoms with Crippen LogP contribution in [-0.4, -0.2) is 25.2 Å². The van der Waals surface area contributed by atoms with Gasteiger partial charge in [-0.3, -0.25) is 0 Å². The third kappa shape index (κ3) is 3.89. The predicted octanol–water partition coefficient (Wildman–Crippen LogP) is 4.05. The molecule has 2 heterocycles. The molecule has 3 aromatic rings. The number of hydrogen-bond acceptors (Lipinski definition) is 7. The van der Waals surface area contributed by atoms with Crippen molar-refractivity contribution >= 4 is 33.9 Å². The fourth-order valence-electron chi connectivity index (χ4n) is 2.00. The van der Waals surface area contributed by atoms with Crippen molar-refractivity contribution in [1.29, 1.82) is 0 Å². The van der Waals surface area contributed by atoms with E-state index in [-0.39, 0.29) is 6.04 Å². The van der Waals surface area contributed by atoms with Crippen molar-refractivity contribution in [2.24, 2.45) is 0 Å². The first-order valence-electron chi connectivity index (χ1n) is 7.31. The van der Waals surface area contributed by atoms with Crippen molar-refractivity contribution in [1.82, 2.24) is 25.2 Å². The number of nitrogens with zero attached hydrogens (tertiary/aromatic N) is 5. The number of para-hydroxylation sites is 1. The van der Waals surface area contributed by atoms with Crippen molar-refractivity contribution < 1.29 is 0 Å². The lowest BCUT2D eigenvalue weighted by Crippen LogP contribution is -2.04. The second kappa shape index (κ2) is 7.10. The maximum absolute atomic E-state index is 4.63. The number of hydrogen-bond donors (Lipinski definition) is 1. The van der Waals surface area contributed by atoms with Gasteiger partial charge in [0.2, 0.25) is 5.16 Å². The number of aryl methyl sites for hydroxylation is 1. The highest BCUT2D eigenvalue weighted by atomic mass is 32.2. The van der Waals surface area contributed by atoms with Gasteiger partial charge in [-0.2, -0.15) is 0 Å². The number of thiazole rings is 1. The number of thioether (sulfide) groups is 1. The molecule has 0 saturated heterocycles. The summed E-state index contributed by atoms with van der Waals surface area (Å²) in [5, 5.41) is 19.0. The summed E-state index contributed by atoms with van der Waals surface area (Å²) in [6, 6.07) is 8.44. The molecule has 1 N–H and O–H groups in total. The Kier molecular flexibility index (Phi) is 4.92. The van der Waals surface area contributed by atoms with Gasteiger partial charge in [-0.05, 0) is 42.8 Å². The number of rotatable bonds is 6. The Morgan fingerprint density at radius 2 is 2.13 bits per heavy atom. The van der Waals surface area contributed by atoms with Crippen LogP contribution in [-0.2, 0) is 5.75 Å². The predicted molar refractivity (Wildman–Crippen MR) is 94.3 cm³/mol. The van der Waals surface area contributed by atoms with E-state index in [1.807, 2.05) is 16.8 Å². The van der Waals surface area contributed by atoms with Crippen molar-refractivity contribution in [2.75, 3.05) is 5.32 Å². The SMILES string of the molecule is Cc1ccccc1Nc1nc(CSc2nnnn2C(C)C)cs1. The van der Waals surface area contributed by atoms with E-state index in [2.05, 4.69) is 64.1 Å². The summed E-state index contributed by atoms with van der Waals surface area (Å²) in [4.78, 5) is 4.63. The molecule has 0 radical (unpaired) electrons. The summed E-state index contributed by atoms with van der Waals surface area (Å²) in [6.45, 7) is 6.21. The number of anilines is 2. The van der Waals surface area contributed by atoms with Crippen LogP contribution in [0.4, 0.5) is 10.8 Å². The van der Waals surface area contributed by atoms with Crippen molar-refractivity contribution in [3.63, 3.8) is 0 Å². The monoisotopic (exact) mass is 346 g/mol. The van der Waals surface area contributed by atoms with Gasteiger partial charge in [0.1, 0.15) is 0 Å². The van der Waals surface area contributed by atoms with E-state index in [4.69, 9.17) is 0 Å². The molecule has 3 rings (SSSR count). The van der Waals surface area contributed by atoms with Crippen molar-refractivity contribution in [3.8, 4) is 0 Å². The van der Waals surface area contributed by atoms with Crippen LogP contribution in [0, 0.1) is 6.92 Å². The van der Waals surface area contributed by atoms with Crippen LogP contribution in [0.15, 0.2) is 34.8 Å². The van der Waals surface area contributed by atoms with Crippen LogP contribution < -0.4 is 5.32 Å². The molecule has 0 bridgehead atoms. The average molecular weight is 346 g/mol. The van der Waals surface area contributed by atoms with Crippen LogP contribution in [0.3, 0.4) is 0 Å². The van der Waals surface area contributed by atoms with Crippen molar-refractivity contribution in [3.05, 3.63) is 40.9 Å². The smallest absolute Gasteiger partial charge is 0.209 e. The molecule has 0 fully saturated rings. The molecule has 0 unspecified atom stereocenters. The maximum Gasteiger partial charge on any atom is 0.209 e. The molecule has 2 aromatic heterocycles. The molecule has 1 aromatic carbocycles. The van der Waals surface area contributed by atoms with E-state index in [9.17, 15) is 0 Å². The molecule has 8 heteroatoms. The van der Waals surface area contributed by atoms with Gasteiger partial charge in [-0.1, -0.05) is 30.0 Å². The number of benzene rings is 1. The largest absolute Gasteiger partial charge is 0.331 e. The molecular formula is C15H18N6S2. The van der Waals surface area contributed by atoms with Gasteiger partial charge in [-0.25, -0.2) is 9.67 Å². The zero-order chi connectivity index (χ0) is 16.2. The Bertz CT molecular complexity index is 780. The van der Waals surface area contributed by atoms with E-state index in [0.29, 0.717) is 0 Å². The second-order valence-electron chi connectivity index (χ2n) is 5.37. The summed E-state index contributed by atoms with van der Waals surface area (Å²) in [6.07, 6.45) is 0. The third-order valence-corrected chi connectivity index (χ3v) is 5.01. The molecule has 0 aliphatic carbocycles. The highest BCUT2D eigenvalue weighted by Crippen LogP contribution is 2.27. The average Bonchev–Trinajstić information content (AvgIpc) is 3.16. The quantitative estimate of drug-likeness (QED) is 0.679. The first-order chi connectivity index (χ1) is 11.1. The normalized spacial score (nSPS) is 11.1. The van der Waals surface area contributed by atoms with Gasteiger partial charge in [0.05, 0.1) is 11.7 Å². The number of nitrogens with one attached hydrogen (secondary N) is 1. The van der Waals surface area contributed by atoms with E-state index in [1.165, 1.54) is 5.56 Å². The highest BCUT2D eigenvalue weighted by Gasteiger charge is 2.11. The molecule has 23 heavy (non-hydrogen) atoms. The first kappa shape index (κ1) is 15.9. The van der Waals surface area contributed by atoms with Gasteiger partial charge in [0, 0.05) is 16.8 Å². The standard InChI is InChI=1S/C15H18N6S2/c1-10(2)21-15(18-19-20-21)23-9-12-8-22-14(16-12)17-13-7-5-4-6-11(13)3/h4-8,10H,9H2,1-3H3,(H,16,17). The number of tetrazole rings is 1. The summed E-state index contributed by atoms with van der Waals surface area (Å²) in [5.41, 5.74) is 3.31. The summed E-state index contributed by atoms with van der Waals surface area (Å²) >= 11 is 3.21. The lowest BCUT2D eigenvalue weighted by Gasteiger charge is -2.06. The molecule has 0 aliphatic rings. The minimum absolute atomic E-state index is 0.251. The molecule has 0 saturated carbocycles. The lowest BCUT2D eigenvalue weighted by atomic mass is 10.2. The van der Waals surface area contributed by atoms with Crippen LogP contribution in [0.5, 0.6) is 0 Å². The van der Waals surface area contributed by atoms with E-state index in [1.54, 1.807) is 23.1 Å². The van der Waals surface area contributed by atoms with Crippen molar-refractivity contribution in [2.45, 2.75) is 37.7 Å². The Morgan fingerprint density at radius 1 is 1.30 bits per heavy atom. The topological polar surface area (TPSA) is 68.5 Å². The minimum Gasteiger partial charge on any atom is -0.331 e. The lowest BCUT2D eigenvalue weighted by molar-refractivity contribution is 0.477. The molecular weight excluding hydrogens is 328 g/mol. The minimum atomic E-state index is 0.251. The van der Waals surface area contributed by atoms with Gasteiger partial charge >= 0.3 is 0 Å².